The number of hydrogen-bond acceptors (Lipinski definition) is 6. The van der Waals surface area contributed by atoms with Gasteiger partial charge in [0.05, 0.1) is 22.8 Å². The molecule has 7 nitrogen and oxygen atoms in total. The number of para-hydroxylation sites is 2. The molecule has 5 aromatic rings. The number of carbonyl (C=O) groups is 1. The lowest BCUT2D eigenvalue weighted by atomic mass is 10.2. The fraction of sp³-hybridized carbons (Fsp3) is 0.0417. The van der Waals surface area contributed by atoms with Gasteiger partial charge in [0.15, 0.2) is 5.13 Å². The molecule has 0 radical (unpaired) electrons. The van der Waals surface area contributed by atoms with Gasteiger partial charge in [0.1, 0.15) is 11.3 Å². The number of rotatable bonds is 5. The maximum Gasteiger partial charge on any atom is 0.255 e. The molecule has 33 heavy (non-hydrogen) atoms. The highest BCUT2D eigenvalue weighted by molar-refractivity contribution is 9.10. The Kier molecular flexibility index (Phi) is 5.57. The van der Waals surface area contributed by atoms with Crippen molar-refractivity contribution in [3.05, 3.63) is 88.0 Å². The number of thiazole rings is 1. The summed E-state index contributed by atoms with van der Waals surface area (Å²) in [6.45, 7) is 1.98. The number of amides is 1. The summed E-state index contributed by atoms with van der Waals surface area (Å²) in [6, 6.07) is 18.3. The van der Waals surface area contributed by atoms with E-state index in [4.69, 9.17) is 10.7 Å². The number of nitrogens with two attached hydrogens (primary N) is 1. The third-order valence-electron chi connectivity index (χ3n) is 5.11. The number of nitrogens with one attached hydrogen (secondary N) is 2. The molecule has 0 aliphatic heterocycles. The molecule has 0 aliphatic carbocycles. The quantitative estimate of drug-likeness (QED) is 0.244. The Morgan fingerprint density at radius 1 is 1.06 bits per heavy atom. The molecule has 5 rings (SSSR count). The van der Waals surface area contributed by atoms with Crippen LogP contribution in [0.25, 0.3) is 17.0 Å². The number of halogens is 1. The number of hydrogen-bond donors (Lipinski definition) is 3. The van der Waals surface area contributed by atoms with Crippen LogP contribution >= 0.6 is 27.3 Å². The van der Waals surface area contributed by atoms with Gasteiger partial charge in [-0.05, 0) is 71.4 Å². The number of nitrogen functional groups attached to an aromatic ring is 1. The SMILES string of the molecule is Cc1nc2ccc(Br)cn2c1-c1csc(Nc2ccc(C(=O)Nc3ccccc3N)cc2)n1. The highest BCUT2D eigenvalue weighted by atomic mass is 79.9. The number of aryl methyl sites for hydroxylation is 1. The molecule has 3 heterocycles. The minimum Gasteiger partial charge on any atom is -0.397 e. The van der Waals surface area contributed by atoms with Crippen molar-refractivity contribution >= 4 is 61.0 Å². The number of anilines is 4. The van der Waals surface area contributed by atoms with Crippen LogP contribution in [0.4, 0.5) is 22.2 Å². The van der Waals surface area contributed by atoms with Gasteiger partial charge >= 0.3 is 0 Å². The molecule has 0 atom stereocenters. The van der Waals surface area contributed by atoms with Crippen molar-refractivity contribution in [1.29, 1.82) is 0 Å². The minimum absolute atomic E-state index is 0.217. The van der Waals surface area contributed by atoms with Gasteiger partial charge in [0, 0.05) is 27.3 Å². The molecule has 0 fully saturated rings. The molecule has 0 spiro atoms. The third-order valence-corrected chi connectivity index (χ3v) is 6.34. The summed E-state index contributed by atoms with van der Waals surface area (Å²) in [6.07, 6.45) is 1.99. The van der Waals surface area contributed by atoms with E-state index in [9.17, 15) is 4.79 Å². The minimum atomic E-state index is -0.217. The molecule has 4 N–H and O–H groups in total. The average Bonchev–Trinajstić information content (AvgIpc) is 3.38. The Morgan fingerprint density at radius 3 is 2.64 bits per heavy atom. The van der Waals surface area contributed by atoms with E-state index in [0.29, 0.717) is 16.9 Å². The molecule has 1 amide bonds. The fourth-order valence-electron chi connectivity index (χ4n) is 3.52. The highest BCUT2D eigenvalue weighted by Gasteiger charge is 2.15. The lowest BCUT2D eigenvalue weighted by Gasteiger charge is -2.08. The zero-order valence-electron chi connectivity index (χ0n) is 17.5. The predicted octanol–water partition coefficient (Wildman–Crippen LogP) is 6.11. The largest absolute Gasteiger partial charge is 0.397 e. The Balaban J connectivity index is 1.32. The summed E-state index contributed by atoms with van der Waals surface area (Å²) >= 11 is 5.03. The lowest BCUT2D eigenvalue weighted by Crippen LogP contribution is -2.13. The second kappa shape index (κ2) is 8.68. The van der Waals surface area contributed by atoms with Crippen molar-refractivity contribution < 1.29 is 4.79 Å². The second-order valence-electron chi connectivity index (χ2n) is 7.40. The zero-order valence-corrected chi connectivity index (χ0v) is 19.9. The van der Waals surface area contributed by atoms with E-state index in [1.54, 1.807) is 24.3 Å². The summed E-state index contributed by atoms with van der Waals surface area (Å²) in [5.41, 5.74) is 12.0. The first-order valence-corrected chi connectivity index (χ1v) is 11.8. The van der Waals surface area contributed by atoms with E-state index in [1.165, 1.54) is 11.3 Å². The molecule has 164 valence electrons. The summed E-state index contributed by atoms with van der Waals surface area (Å²) in [7, 11) is 0. The van der Waals surface area contributed by atoms with Crippen LogP contribution in [-0.4, -0.2) is 20.3 Å². The van der Waals surface area contributed by atoms with Crippen molar-refractivity contribution in [2.45, 2.75) is 6.92 Å². The first-order chi connectivity index (χ1) is 16.0. The predicted molar refractivity (Wildman–Crippen MR) is 137 cm³/mol. The Morgan fingerprint density at radius 2 is 1.85 bits per heavy atom. The molecule has 9 heteroatoms. The van der Waals surface area contributed by atoms with Crippen molar-refractivity contribution in [3.8, 4) is 11.4 Å². The number of nitrogens with zero attached hydrogens (tertiary/aromatic N) is 3. The van der Waals surface area contributed by atoms with Crippen LogP contribution in [0.3, 0.4) is 0 Å². The number of benzene rings is 2. The van der Waals surface area contributed by atoms with Gasteiger partial charge in [0.2, 0.25) is 0 Å². The maximum atomic E-state index is 12.5. The summed E-state index contributed by atoms with van der Waals surface area (Å²) < 4.78 is 3.01. The van der Waals surface area contributed by atoms with E-state index in [1.807, 2.05) is 59.3 Å². The van der Waals surface area contributed by atoms with E-state index in [-0.39, 0.29) is 5.91 Å². The Bertz CT molecular complexity index is 1470. The van der Waals surface area contributed by atoms with Crippen LogP contribution < -0.4 is 16.4 Å². The van der Waals surface area contributed by atoms with Crippen molar-refractivity contribution in [2.75, 3.05) is 16.4 Å². The van der Waals surface area contributed by atoms with Gasteiger partial charge in [-0.2, -0.15) is 0 Å². The molecule has 0 saturated carbocycles. The highest BCUT2D eigenvalue weighted by Crippen LogP contribution is 2.30. The van der Waals surface area contributed by atoms with Crippen LogP contribution in [0.2, 0.25) is 0 Å². The van der Waals surface area contributed by atoms with E-state index in [0.717, 1.165) is 38.0 Å². The molecule has 2 aromatic carbocycles. The molecular formula is C24H19BrN6OS. The molecule has 0 unspecified atom stereocenters. The number of aromatic nitrogens is 3. The topological polar surface area (TPSA) is 97.3 Å². The van der Waals surface area contributed by atoms with Crippen LogP contribution in [0.1, 0.15) is 16.1 Å². The maximum absolute atomic E-state index is 12.5. The summed E-state index contributed by atoms with van der Waals surface area (Å²) in [4.78, 5) is 21.9. The molecule has 0 saturated heterocycles. The fourth-order valence-corrected chi connectivity index (χ4v) is 4.57. The average molecular weight is 519 g/mol. The Hall–Kier alpha value is -3.69. The van der Waals surface area contributed by atoms with Gasteiger partial charge in [-0.3, -0.25) is 9.20 Å². The van der Waals surface area contributed by atoms with E-state index < -0.39 is 0 Å². The van der Waals surface area contributed by atoms with Gasteiger partial charge in [-0.25, -0.2) is 9.97 Å². The Labute approximate surface area is 202 Å². The van der Waals surface area contributed by atoms with Crippen LogP contribution in [0, 0.1) is 6.92 Å². The number of pyridine rings is 1. The number of fused-ring (bicyclic) bond motifs is 1. The number of imidazole rings is 1. The van der Waals surface area contributed by atoms with Crippen LogP contribution in [0.15, 0.2) is 76.7 Å². The molecule has 3 aromatic heterocycles. The standard InChI is InChI=1S/C24H19BrN6OS/c1-14-22(31-12-16(25)8-11-21(31)27-14)20-13-33-24(30-20)28-17-9-6-15(7-10-17)23(32)29-19-5-3-2-4-18(19)26/h2-13H,26H2,1H3,(H,28,30)(H,29,32). The smallest absolute Gasteiger partial charge is 0.255 e. The summed E-state index contributed by atoms with van der Waals surface area (Å²) in [5.74, 6) is -0.217. The monoisotopic (exact) mass is 518 g/mol. The van der Waals surface area contributed by atoms with Crippen molar-refractivity contribution in [1.82, 2.24) is 14.4 Å². The van der Waals surface area contributed by atoms with E-state index >= 15 is 0 Å². The molecule has 0 aliphatic rings. The molecule has 0 bridgehead atoms. The van der Waals surface area contributed by atoms with Crippen LogP contribution in [0.5, 0.6) is 0 Å². The van der Waals surface area contributed by atoms with Gasteiger partial charge < -0.3 is 16.4 Å². The first kappa shape index (κ1) is 21.2. The lowest BCUT2D eigenvalue weighted by molar-refractivity contribution is 0.102. The first-order valence-electron chi connectivity index (χ1n) is 10.1. The number of carbonyl (C=O) groups excluding carboxylic acids is 1. The zero-order chi connectivity index (χ0) is 22.9. The molecular weight excluding hydrogens is 500 g/mol. The second-order valence-corrected chi connectivity index (χ2v) is 9.18. The van der Waals surface area contributed by atoms with Gasteiger partial charge in [-0.1, -0.05) is 12.1 Å². The van der Waals surface area contributed by atoms with Gasteiger partial charge in [-0.15, -0.1) is 11.3 Å². The third kappa shape index (κ3) is 4.33. The van der Waals surface area contributed by atoms with Crippen LogP contribution in [-0.2, 0) is 0 Å². The van der Waals surface area contributed by atoms with Crippen molar-refractivity contribution in [2.24, 2.45) is 0 Å². The van der Waals surface area contributed by atoms with Crippen molar-refractivity contribution in [3.63, 3.8) is 0 Å². The normalized spacial score (nSPS) is 11.0. The summed E-state index contributed by atoms with van der Waals surface area (Å²) in [5, 5.41) is 8.90. The van der Waals surface area contributed by atoms with E-state index in [2.05, 4.69) is 31.5 Å². The van der Waals surface area contributed by atoms with Gasteiger partial charge in [0.25, 0.3) is 5.91 Å².